The highest BCUT2D eigenvalue weighted by Crippen LogP contribution is 2.14. The van der Waals surface area contributed by atoms with Crippen molar-refractivity contribution in [3.8, 4) is 6.07 Å². The lowest BCUT2D eigenvalue weighted by atomic mass is 10.1. The van der Waals surface area contributed by atoms with Gasteiger partial charge in [0.25, 0.3) is 0 Å². The minimum absolute atomic E-state index is 0.00941. The van der Waals surface area contributed by atoms with E-state index >= 15 is 0 Å². The van der Waals surface area contributed by atoms with Gasteiger partial charge in [-0.2, -0.15) is 5.26 Å². The number of nitriles is 1. The molecule has 16 heavy (non-hydrogen) atoms. The molecule has 0 aromatic heterocycles. The summed E-state index contributed by atoms with van der Waals surface area (Å²) in [5.74, 6) is -1.38. The Morgan fingerprint density at radius 1 is 1.38 bits per heavy atom. The van der Waals surface area contributed by atoms with Crippen molar-refractivity contribution >= 4 is 0 Å². The molecule has 4 heteroatoms. The molecule has 0 atom stereocenters. The number of nitrogens with one attached hydrogen (secondary N) is 1. The minimum Gasteiger partial charge on any atom is -0.312 e. The van der Waals surface area contributed by atoms with Gasteiger partial charge in [0.15, 0.2) is 0 Å². The van der Waals surface area contributed by atoms with Gasteiger partial charge in [-0.05, 0) is 25.1 Å². The van der Waals surface area contributed by atoms with Crippen molar-refractivity contribution in [3.05, 3.63) is 47.5 Å². The average molecular weight is 222 g/mol. The number of halogens is 2. The van der Waals surface area contributed by atoms with E-state index < -0.39 is 11.6 Å². The Kier molecular flexibility index (Phi) is 4.62. The van der Waals surface area contributed by atoms with E-state index in [-0.39, 0.29) is 17.7 Å². The molecular weight excluding hydrogens is 210 g/mol. The standard InChI is InChI=1S/C12H12F2N2/c1-2-3-4-16-8-10-11(13)5-9(7-15)6-12(10)14/h2,5-6,16H,1,3-4,8H2. The molecule has 0 heterocycles. The van der Waals surface area contributed by atoms with E-state index in [1.165, 1.54) is 0 Å². The number of nitrogens with zero attached hydrogens (tertiary/aromatic N) is 1. The Labute approximate surface area is 93.2 Å². The molecule has 0 spiro atoms. The van der Waals surface area contributed by atoms with Crippen LogP contribution in [0.4, 0.5) is 8.78 Å². The smallest absolute Gasteiger partial charge is 0.131 e. The maximum atomic E-state index is 13.4. The average Bonchev–Trinajstić information content (AvgIpc) is 2.26. The van der Waals surface area contributed by atoms with Gasteiger partial charge in [-0.25, -0.2) is 8.78 Å². The molecule has 84 valence electrons. The van der Waals surface area contributed by atoms with Crippen LogP contribution in [0.15, 0.2) is 24.8 Å². The fraction of sp³-hybridized carbons (Fsp3) is 0.250. The summed E-state index contributed by atoms with van der Waals surface area (Å²) in [6, 6.07) is 3.77. The molecule has 1 N–H and O–H groups in total. The SMILES string of the molecule is C=CCCNCc1c(F)cc(C#N)cc1F. The molecule has 0 aliphatic heterocycles. The summed E-state index contributed by atoms with van der Waals surface area (Å²) < 4.78 is 26.7. The highest BCUT2D eigenvalue weighted by atomic mass is 19.1. The Morgan fingerprint density at radius 3 is 2.50 bits per heavy atom. The van der Waals surface area contributed by atoms with Crippen molar-refractivity contribution < 1.29 is 8.78 Å². The van der Waals surface area contributed by atoms with Crippen LogP contribution >= 0.6 is 0 Å². The zero-order valence-electron chi connectivity index (χ0n) is 8.76. The molecule has 1 rings (SSSR count). The third-order valence-electron chi connectivity index (χ3n) is 2.10. The fourth-order valence-corrected chi connectivity index (χ4v) is 1.25. The van der Waals surface area contributed by atoms with Gasteiger partial charge < -0.3 is 5.32 Å². The number of hydrogen-bond donors (Lipinski definition) is 1. The van der Waals surface area contributed by atoms with Gasteiger partial charge >= 0.3 is 0 Å². The molecule has 0 aliphatic rings. The Morgan fingerprint density at radius 2 is 2.00 bits per heavy atom. The Hall–Kier alpha value is -1.73. The molecule has 0 radical (unpaired) electrons. The summed E-state index contributed by atoms with van der Waals surface area (Å²) in [6.07, 6.45) is 2.46. The summed E-state index contributed by atoms with van der Waals surface area (Å²) in [7, 11) is 0. The van der Waals surface area contributed by atoms with Crippen LogP contribution in [0.2, 0.25) is 0 Å². The van der Waals surface area contributed by atoms with Crippen molar-refractivity contribution in [2.24, 2.45) is 0 Å². The van der Waals surface area contributed by atoms with Gasteiger partial charge in [0.2, 0.25) is 0 Å². The van der Waals surface area contributed by atoms with Crippen LogP contribution in [-0.2, 0) is 6.54 Å². The summed E-state index contributed by atoms with van der Waals surface area (Å²) in [6.45, 7) is 4.26. The molecule has 2 nitrogen and oxygen atoms in total. The molecule has 1 aromatic rings. The third-order valence-corrected chi connectivity index (χ3v) is 2.10. The van der Waals surface area contributed by atoms with Crippen molar-refractivity contribution in [2.75, 3.05) is 6.54 Å². The lowest BCUT2D eigenvalue weighted by Crippen LogP contribution is -2.16. The molecule has 0 fully saturated rings. The zero-order chi connectivity index (χ0) is 12.0. The second-order valence-corrected chi connectivity index (χ2v) is 3.28. The van der Waals surface area contributed by atoms with Crippen molar-refractivity contribution in [1.29, 1.82) is 5.26 Å². The third kappa shape index (κ3) is 3.14. The predicted molar refractivity (Wildman–Crippen MR) is 57.6 cm³/mol. The quantitative estimate of drug-likeness (QED) is 0.613. The molecule has 0 amide bonds. The first-order valence-corrected chi connectivity index (χ1v) is 4.88. The number of rotatable bonds is 5. The van der Waals surface area contributed by atoms with E-state index in [9.17, 15) is 8.78 Å². The Balaban J connectivity index is 2.73. The first-order chi connectivity index (χ1) is 7.69. The first-order valence-electron chi connectivity index (χ1n) is 4.88. The van der Waals surface area contributed by atoms with Crippen LogP contribution in [0.3, 0.4) is 0 Å². The number of benzene rings is 1. The van der Waals surface area contributed by atoms with Gasteiger partial charge in [-0.15, -0.1) is 6.58 Å². The lowest BCUT2D eigenvalue weighted by Gasteiger charge is -2.06. The van der Waals surface area contributed by atoms with Gasteiger partial charge in [-0.3, -0.25) is 0 Å². The van der Waals surface area contributed by atoms with E-state index in [2.05, 4.69) is 11.9 Å². The van der Waals surface area contributed by atoms with Crippen LogP contribution < -0.4 is 5.32 Å². The van der Waals surface area contributed by atoms with Crippen LogP contribution in [0, 0.1) is 23.0 Å². The van der Waals surface area contributed by atoms with Gasteiger partial charge in [0, 0.05) is 12.1 Å². The largest absolute Gasteiger partial charge is 0.312 e. The zero-order valence-corrected chi connectivity index (χ0v) is 8.76. The number of hydrogen-bond acceptors (Lipinski definition) is 2. The predicted octanol–water partition coefficient (Wildman–Crippen LogP) is 2.50. The monoisotopic (exact) mass is 222 g/mol. The second kappa shape index (κ2) is 5.99. The van der Waals surface area contributed by atoms with Gasteiger partial charge in [-0.1, -0.05) is 6.08 Å². The van der Waals surface area contributed by atoms with E-state index in [0.717, 1.165) is 18.6 Å². The molecule has 0 bridgehead atoms. The van der Waals surface area contributed by atoms with Gasteiger partial charge in [0.1, 0.15) is 11.6 Å². The van der Waals surface area contributed by atoms with Crippen LogP contribution in [0.5, 0.6) is 0 Å². The maximum Gasteiger partial charge on any atom is 0.131 e. The minimum atomic E-state index is -0.692. The summed E-state index contributed by atoms with van der Waals surface area (Å²) in [4.78, 5) is 0. The van der Waals surface area contributed by atoms with Crippen molar-refractivity contribution in [3.63, 3.8) is 0 Å². The highest BCUT2D eigenvalue weighted by Gasteiger charge is 2.10. The lowest BCUT2D eigenvalue weighted by molar-refractivity contribution is 0.536. The Bertz CT molecular complexity index is 399. The topological polar surface area (TPSA) is 35.8 Å². The molecule has 0 saturated heterocycles. The van der Waals surface area contributed by atoms with E-state index in [0.29, 0.717) is 6.54 Å². The normalized spacial score (nSPS) is 9.81. The highest BCUT2D eigenvalue weighted by molar-refractivity contribution is 5.34. The second-order valence-electron chi connectivity index (χ2n) is 3.28. The summed E-state index contributed by atoms with van der Waals surface area (Å²) in [5.41, 5.74) is -0.0482. The van der Waals surface area contributed by atoms with Crippen LogP contribution in [-0.4, -0.2) is 6.54 Å². The molecule has 0 aliphatic carbocycles. The fourth-order valence-electron chi connectivity index (χ4n) is 1.25. The summed E-state index contributed by atoms with van der Waals surface area (Å²) >= 11 is 0. The maximum absolute atomic E-state index is 13.4. The molecule has 0 unspecified atom stereocenters. The molecule has 1 aromatic carbocycles. The van der Waals surface area contributed by atoms with E-state index in [4.69, 9.17) is 5.26 Å². The van der Waals surface area contributed by atoms with Gasteiger partial charge in [0.05, 0.1) is 11.6 Å². The molecule has 0 saturated carbocycles. The first kappa shape index (κ1) is 12.3. The van der Waals surface area contributed by atoms with Crippen LogP contribution in [0.25, 0.3) is 0 Å². The summed E-state index contributed by atoms with van der Waals surface area (Å²) in [5, 5.41) is 11.4. The van der Waals surface area contributed by atoms with Crippen LogP contribution in [0.1, 0.15) is 17.5 Å². The van der Waals surface area contributed by atoms with Crippen molar-refractivity contribution in [1.82, 2.24) is 5.32 Å². The van der Waals surface area contributed by atoms with E-state index in [1.807, 2.05) is 0 Å². The molecular formula is C12H12F2N2. The van der Waals surface area contributed by atoms with Crippen molar-refractivity contribution in [2.45, 2.75) is 13.0 Å². The van der Waals surface area contributed by atoms with E-state index in [1.54, 1.807) is 12.1 Å².